The van der Waals surface area contributed by atoms with Crippen LogP contribution >= 0.6 is 11.6 Å². The molecule has 3 rings (SSSR count). The number of carbonyl (C=O) groups is 2. The standard InChI is InChI=1S/C16H21ClN2O4/c17-12-3-1-2-10(6-12)8-19-13-7-11(16(21)18-22)4-5-14(13)23-9-15(19)20/h1-3,10-11,13-14,22H,4-9H2,(H,18,21). The maximum absolute atomic E-state index is 12.3. The summed E-state index contributed by atoms with van der Waals surface area (Å²) in [5, 5.41) is 9.64. The lowest BCUT2D eigenvalue weighted by atomic mass is 9.81. The number of ether oxygens (including phenoxy) is 1. The molecule has 2 aliphatic carbocycles. The fourth-order valence-corrected chi connectivity index (χ4v) is 4.01. The van der Waals surface area contributed by atoms with Crippen molar-refractivity contribution in [1.29, 1.82) is 0 Å². The van der Waals surface area contributed by atoms with E-state index in [-0.39, 0.29) is 42.4 Å². The molecule has 0 spiro atoms. The Kier molecular flexibility index (Phi) is 5.04. The summed E-state index contributed by atoms with van der Waals surface area (Å²) in [6, 6.07) is -0.120. The molecule has 1 saturated heterocycles. The van der Waals surface area contributed by atoms with E-state index in [0.29, 0.717) is 25.8 Å². The number of nitrogens with one attached hydrogen (secondary N) is 1. The van der Waals surface area contributed by atoms with Crippen LogP contribution in [-0.2, 0) is 14.3 Å². The highest BCUT2D eigenvalue weighted by Gasteiger charge is 2.43. The molecule has 126 valence electrons. The van der Waals surface area contributed by atoms with Crippen molar-refractivity contribution in [3.8, 4) is 0 Å². The quantitative estimate of drug-likeness (QED) is 0.604. The Hall–Kier alpha value is -1.37. The number of halogens is 1. The van der Waals surface area contributed by atoms with Gasteiger partial charge in [-0.05, 0) is 37.7 Å². The second-order valence-electron chi connectivity index (χ2n) is 6.41. The molecule has 0 radical (unpaired) electrons. The van der Waals surface area contributed by atoms with Gasteiger partial charge >= 0.3 is 0 Å². The predicted octanol–water partition coefficient (Wildman–Crippen LogP) is 1.59. The van der Waals surface area contributed by atoms with Gasteiger partial charge in [0.05, 0.1) is 12.1 Å². The molecule has 0 aromatic carbocycles. The number of amides is 2. The summed E-state index contributed by atoms with van der Waals surface area (Å²) in [7, 11) is 0. The first-order valence-electron chi connectivity index (χ1n) is 7.96. The van der Waals surface area contributed by atoms with Crippen LogP contribution < -0.4 is 5.48 Å². The molecule has 1 aliphatic heterocycles. The maximum Gasteiger partial charge on any atom is 0.248 e. The lowest BCUT2D eigenvalue weighted by molar-refractivity contribution is -0.165. The Morgan fingerprint density at radius 2 is 2.30 bits per heavy atom. The molecule has 23 heavy (non-hydrogen) atoms. The van der Waals surface area contributed by atoms with Gasteiger partial charge in [-0.1, -0.05) is 23.8 Å². The third-order valence-corrected chi connectivity index (χ3v) is 5.21. The smallest absolute Gasteiger partial charge is 0.248 e. The topological polar surface area (TPSA) is 78.9 Å². The summed E-state index contributed by atoms with van der Waals surface area (Å²) in [5.41, 5.74) is 1.72. The van der Waals surface area contributed by atoms with Gasteiger partial charge < -0.3 is 9.64 Å². The number of carbonyl (C=O) groups excluding carboxylic acids is 2. The average molecular weight is 341 g/mol. The number of fused-ring (bicyclic) bond motifs is 1. The second-order valence-corrected chi connectivity index (χ2v) is 6.90. The first kappa shape index (κ1) is 16.5. The monoisotopic (exact) mass is 340 g/mol. The zero-order chi connectivity index (χ0) is 16.4. The number of hydroxylamine groups is 1. The average Bonchev–Trinajstić information content (AvgIpc) is 2.56. The second kappa shape index (κ2) is 7.03. The van der Waals surface area contributed by atoms with E-state index in [1.54, 1.807) is 5.48 Å². The SMILES string of the molecule is O=C(NO)C1CCC2OCC(=O)N(CC3C=CC=C(Cl)C3)C2C1. The lowest BCUT2D eigenvalue weighted by Crippen LogP contribution is -2.58. The van der Waals surface area contributed by atoms with Crippen LogP contribution in [0.15, 0.2) is 23.3 Å². The Bertz CT molecular complexity index is 548. The zero-order valence-corrected chi connectivity index (χ0v) is 13.5. The molecule has 1 saturated carbocycles. The first-order valence-corrected chi connectivity index (χ1v) is 8.34. The van der Waals surface area contributed by atoms with Gasteiger partial charge in [0.25, 0.3) is 0 Å². The highest BCUT2D eigenvalue weighted by Crippen LogP contribution is 2.34. The van der Waals surface area contributed by atoms with Crippen LogP contribution in [0.4, 0.5) is 0 Å². The van der Waals surface area contributed by atoms with Crippen LogP contribution in [0.25, 0.3) is 0 Å². The van der Waals surface area contributed by atoms with Crippen molar-refractivity contribution in [3.63, 3.8) is 0 Å². The van der Waals surface area contributed by atoms with E-state index in [4.69, 9.17) is 21.5 Å². The van der Waals surface area contributed by atoms with E-state index in [1.165, 1.54) is 0 Å². The van der Waals surface area contributed by atoms with Gasteiger partial charge in [0.15, 0.2) is 0 Å². The van der Waals surface area contributed by atoms with E-state index < -0.39 is 0 Å². The van der Waals surface area contributed by atoms with Gasteiger partial charge in [-0.3, -0.25) is 14.8 Å². The summed E-state index contributed by atoms with van der Waals surface area (Å²) in [4.78, 5) is 25.9. The lowest BCUT2D eigenvalue weighted by Gasteiger charge is -2.46. The third-order valence-electron chi connectivity index (χ3n) is 4.93. The summed E-state index contributed by atoms with van der Waals surface area (Å²) < 4.78 is 5.66. The van der Waals surface area contributed by atoms with E-state index in [0.717, 1.165) is 11.5 Å². The molecular formula is C16H21ClN2O4. The summed E-state index contributed by atoms with van der Waals surface area (Å²) in [6.45, 7) is 0.676. The minimum absolute atomic E-state index is 0.0333. The van der Waals surface area contributed by atoms with Crippen LogP contribution in [-0.4, -0.2) is 47.2 Å². The van der Waals surface area contributed by atoms with Crippen molar-refractivity contribution >= 4 is 23.4 Å². The fraction of sp³-hybridized carbons (Fsp3) is 0.625. The Balaban J connectivity index is 1.71. The largest absolute Gasteiger partial charge is 0.366 e. The van der Waals surface area contributed by atoms with Gasteiger partial charge in [-0.2, -0.15) is 0 Å². The van der Waals surface area contributed by atoms with Gasteiger partial charge in [0.1, 0.15) is 6.61 Å². The zero-order valence-electron chi connectivity index (χ0n) is 12.8. The molecule has 2 amide bonds. The van der Waals surface area contributed by atoms with Crippen molar-refractivity contribution in [2.75, 3.05) is 13.2 Å². The normalized spacial score (nSPS) is 33.9. The maximum atomic E-state index is 12.3. The number of nitrogens with zero attached hydrogens (tertiary/aromatic N) is 1. The van der Waals surface area contributed by atoms with Crippen molar-refractivity contribution in [3.05, 3.63) is 23.3 Å². The van der Waals surface area contributed by atoms with Crippen molar-refractivity contribution in [2.45, 2.75) is 37.8 Å². The van der Waals surface area contributed by atoms with Gasteiger partial charge in [-0.15, -0.1) is 0 Å². The Morgan fingerprint density at radius 3 is 3.04 bits per heavy atom. The number of rotatable bonds is 3. The highest BCUT2D eigenvalue weighted by atomic mass is 35.5. The van der Waals surface area contributed by atoms with E-state index in [9.17, 15) is 9.59 Å². The molecule has 0 aromatic heterocycles. The van der Waals surface area contributed by atoms with Crippen molar-refractivity contribution in [2.24, 2.45) is 11.8 Å². The fourth-order valence-electron chi connectivity index (χ4n) is 3.74. The van der Waals surface area contributed by atoms with Gasteiger partial charge in [0, 0.05) is 17.5 Å². The number of morpholine rings is 1. The molecule has 4 atom stereocenters. The first-order chi connectivity index (χ1) is 11.1. The Morgan fingerprint density at radius 1 is 1.48 bits per heavy atom. The van der Waals surface area contributed by atoms with Crippen LogP contribution in [0, 0.1) is 11.8 Å². The number of hydrogen-bond acceptors (Lipinski definition) is 4. The minimum Gasteiger partial charge on any atom is -0.366 e. The van der Waals surface area contributed by atoms with Crippen LogP contribution in [0.3, 0.4) is 0 Å². The molecule has 2 N–H and O–H groups in total. The third kappa shape index (κ3) is 3.59. The summed E-state index contributed by atoms with van der Waals surface area (Å²) in [5.74, 6) is -0.536. The number of hydrogen-bond donors (Lipinski definition) is 2. The molecule has 0 aromatic rings. The number of allylic oxidation sites excluding steroid dienone is 3. The van der Waals surface area contributed by atoms with Crippen molar-refractivity contribution in [1.82, 2.24) is 10.4 Å². The molecule has 6 nitrogen and oxygen atoms in total. The summed E-state index contributed by atoms with van der Waals surface area (Å²) >= 11 is 6.09. The molecule has 7 heteroatoms. The minimum atomic E-state index is -0.384. The molecular weight excluding hydrogens is 320 g/mol. The van der Waals surface area contributed by atoms with Crippen LogP contribution in [0.1, 0.15) is 25.7 Å². The molecule has 2 fully saturated rings. The molecule has 0 bridgehead atoms. The molecule has 4 unspecified atom stereocenters. The van der Waals surface area contributed by atoms with E-state index in [1.807, 2.05) is 17.1 Å². The van der Waals surface area contributed by atoms with E-state index in [2.05, 4.69) is 6.08 Å². The van der Waals surface area contributed by atoms with Gasteiger partial charge in [0.2, 0.25) is 11.8 Å². The van der Waals surface area contributed by atoms with Gasteiger partial charge in [-0.25, -0.2) is 5.48 Å². The van der Waals surface area contributed by atoms with Crippen LogP contribution in [0.5, 0.6) is 0 Å². The van der Waals surface area contributed by atoms with Crippen molar-refractivity contribution < 1.29 is 19.5 Å². The summed E-state index contributed by atoms with van der Waals surface area (Å²) in [6.07, 6.45) is 8.43. The Labute approximate surface area is 140 Å². The predicted molar refractivity (Wildman–Crippen MR) is 83.7 cm³/mol. The van der Waals surface area contributed by atoms with E-state index >= 15 is 0 Å². The van der Waals surface area contributed by atoms with Crippen LogP contribution in [0.2, 0.25) is 0 Å². The highest BCUT2D eigenvalue weighted by molar-refractivity contribution is 6.29. The molecule has 3 aliphatic rings. The molecule has 1 heterocycles.